The van der Waals surface area contributed by atoms with Crippen LogP contribution in [0, 0.1) is 6.92 Å². The summed E-state index contributed by atoms with van der Waals surface area (Å²) in [6.45, 7) is 2.56. The van der Waals surface area contributed by atoms with Gasteiger partial charge < -0.3 is 5.32 Å². The Kier molecular flexibility index (Phi) is 4.25. The number of nitrogens with one attached hydrogen (secondary N) is 1. The van der Waals surface area contributed by atoms with E-state index in [4.69, 9.17) is 0 Å². The van der Waals surface area contributed by atoms with Gasteiger partial charge in [0.15, 0.2) is 0 Å². The zero-order valence-electron chi connectivity index (χ0n) is 14.2. The first kappa shape index (κ1) is 16.1. The van der Waals surface area contributed by atoms with E-state index < -0.39 is 0 Å². The van der Waals surface area contributed by atoms with E-state index in [1.54, 1.807) is 23.2 Å². The van der Waals surface area contributed by atoms with E-state index in [0.29, 0.717) is 13.0 Å². The highest BCUT2D eigenvalue weighted by atomic mass is 16.2. The minimum atomic E-state index is -0.0637. The Morgan fingerprint density at radius 3 is 2.50 bits per heavy atom. The Labute approximate surface area is 140 Å². The van der Waals surface area contributed by atoms with Gasteiger partial charge in [0.25, 0.3) is 0 Å². The van der Waals surface area contributed by atoms with Crippen molar-refractivity contribution in [3.8, 4) is 0 Å². The summed E-state index contributed by atoms with van der Waals surface area (Å²) in [7, 11) is 3.49. The zero-order valence-corrected chi connectivity index (χ0v) is 14.2. The number of hydrogen-bond acceptors (Lipinski definition) is 2. The molecule has 0 aliphatic rings. The first-order valence-electron chi connectivity index (χ1n) is 7.93. The monoisotopic (exact) mass is 323 g/mol. The van der Waals surface area contributed by atoms with Crippen molar-refractivity contribution in [2.24, 2.45) is 14.1 Å². The van der Waals surface area contributed by atoms with Gasteiger partial charge >= 0.3 is 5.69 Å². The highest BCUT2D eigenvalue weighted by Gasteiger charge is 2.10. The molecule has 5 heteroatoms. The summed E-state index contributed by atoms with van der Waals surface area (Å²) in [4.78, 5) is 24.2. The van der Waals surface area contributed by atoms with Crippen LogP contribution in [0.2, 0.25) is 0 Å². The number of aryl methyl sites for hydroxylation is 3. The lowest BCUT2D eigenvalue weighted by atomic mass is 10.1. The summed E-state index contributed by atoms with van der Waals surface area (Å²) in [5.41, 5.74) is 4.82. The maximum atomic E-state index is 12.2. The molecule has 0 aliphatic heterocycles. The van der Waals surface area contributed by atoms with Gasteiger partial charge in [0.05, 0.1) is 17.5 Å². The van der Waals surface area contributed by atoms with Gasteiger partial charge in [0.1, 0.15) is 0 Å². The molecule has 124 valence electrons. The van der Waals surface area contributed by atoms with Crippen LogP contribution in [0.25, 0.3) is 11.0 Å². The van der Waals surface area contributed by atoms with Crippen LogP contribution < -0.4 is 11.0 Å². The molecule has 0 saturated carbocycles. The first-order chi connectivity index (χ1) is 11.5. The quantitative estimate of drug-likeness (QED) is 0.799. The molecule has 0 atom stereocenters. The molecule has 0 fully saturated rings. The van der Waals surface area contributed by atoms with Gasteiger partial charge in [-0.25, -0.2) is 4.79 Å². The van der Waals surface area contributed by atoms with E-state index in [1.807, 2.05) is 49.4 Å². The molecule has 0 radical (unpaired) electrons. The fraction of sp³-hybridized carbons (Fsp3) is 0.263. The predicted octanol–water partition coefficient (Wildman–Crippen LogP) is 2.04. The molecule has 0 spiro atoms. The van der Waals surface area contributed by atoms with E-state index in [2.05, 4.69) is 5.32 Å². The SMILES string of the molecule is Cc1ccccc1CNC(=O)Cc1ccc2c(c1)n(C)c(=O)n2C. The third-order valence-corrected chi connectivity index (χ3v) is 4.44. The summed E-state index contributed by atoms with van der Waals surface area (Å²) in [5, 5.41) is 2.95. The molecular weight excluding hydrogens is 302 g/mol. The van der Waals surface area contributed by atoms with Crippen molar-refractivity contribution in [2.75, 3.05) is 0 Å². The maximum absolute atomic E-state index is 12.2. The van der Waals surface area contributed by atoms with Crippen LogP contribution in [0.3, 0.4) is 0 Å². The van der Waals surface area contributed by atoms with E-state index in [-0.39, 0.29) is 11.6 Å². The van der Waals surface area contributed by atoms with Crippen molar-refractivity contribution in [3.63, 3.8) is 0 Å². The second-order valence-corrected chi connectivity index (χ2v) is 6.10. The van der Waals surface area contributed by atoms with Crippen LogP contribution in [-0.2, 0) is 31.9 Å². The Bertz CT molecular complexity index is 966. The van der Waals surface area contributed by atoms with Crippen molar-refractivity contribution in [3.05, 3.63) is 69.6 Å². The van der Waals surface area contributed by atoms with Gasteiger partial charge in [-0.2, -0.15) is 0 Å². The molecule has 24 heavy (non-hydrogen) atoms. The average molecular weight is 323 g/mol. The maximum Gasteiger partial charge on any atom is 0.328 e. The topological polar surface area (TPSA) is 56.0 Å². The number of benzene rings is 2. The third-order valence-electron chi connectivity index (χ3n) is 4.44. The van der Waals surface area contributed by atoms with Gasteiger partial charge in [-0.3, -0.25) is 13.9 Å². The largest absolute Gasteiger partial charge is 0.352 e. The van der Waals surface area contributed by atoms with Gasteiger partial charge in [0.2, 0.25) is 5.91 Å². The number of rotatable bonds is 4. The molecule has 3 aromatic rings. The van der Waals surface area contributed by atoms with Gasteiger partial charge in [-0.1, -0.05) is 30.3 Å². The number of nitrogens with zero attached hydrogens (tertiary/aromatic N) is 2. The van der Waals surface area contributed by atoms with Crippen molar-refractivity contribution >= 4 is 16.9 Å². The van der Waals surface area contributed by atoms with Gasteiger partial charge in [-0.15, -0.1) is 0 Å². The first-order valence-corrected chi connectivity index (χ1v) is 7.93. The smallest absolute Gasteiger partial charge is 0.328 e. The van der Waals surface area contributed by atoms with Crippen LogP contribution in [0.4, 0.5) is 0 Å². The Hall–Kier alpha value is -2.82. The van der Waals surface area contributed by atoms with E-state index in [9.17, 15) is 9.59 Å². The number of fused-ring (bicyclic) bond motifs is 1. The third kappa shape index (κ3) is 2.97. The number of carbonyl (C=O) groups excluding carboxylic acids is 1. The Morgan fingerprint density at radius 1 is 1.04 bits per heavy atom. The predicted molar refractivity (Wildman–Crippen MR) is 94.9 cm³/mol. The lowest BCUT2D eigenvalue weighted by Crippen LogP contribution is -2.24. The molecular formula is C19H21N3O2. The molecule has 0 saturated heterocycles. The van der Waals surface area contributed by atoms with E-state index >= 15 is 0 Å². The fourth-order valence-corrected chi connectivity index (χ4v) is 2.91. The van der Waals surface area contributed by atoms with Crippen molar-refractivity contribution in [1.82, 2.24) is 14.5 Å². The van der Waals surface area contributed by atoms with E-state index in [1.165, 1.54) is 5.56 Å². The average Bonchev–Trinajstić information content (AvgIpc) is 2.78. The summed E-state index contributed by atoms with van der Waals surface area (Å²) < 4.78 is 3.21. The standard InChI is InChI=1S/C19H21N3O2/c1-13-6-4-5-7-15(13)12-20-18(23)11-14-8-9-16-17(10-14)22(3)19(24)21(16)2/h4-10H,11-12H2,1-3H3,(H,20,23). The molecule has 0 bridgehead atoms. The highest BCUT2D eigenvalue weighted by molar-refractivity contribution is 5.82. The van der Waals surface area contributed by atoms with Crippen molar-refractivity contribution < 1.29 is 4.79 Å². The minimum Gasteiger partial charge on any atom is -0.352 e. The molecule has 1 amide bonds. The highest BCUT2D eigenvalue weighted by Crippen LogP contribution is 2.14. The van der Waals surface area contributed by atoms with Crippen molar-refractivity contribution in [2.45, 2.75) is 19.9 Å². The van der Waals surface area contributed by atoms with Crippen LogP contribution in [0.15, 0.2) is 47.3 Å². The van der Waals surface area contributed by atoms with Crippen LogP contribution in [0.1, 0.15) is 16.7 Å². The zero-order chi connectivity index (χ0) is 17.3. The number of amides is 1. The molecule has 1 heterocycles. The Balaban J connectivity index is 1.73. The molecule has 0 unspecified atom stereocenters. The summed E-state index contributed by atoms with van der Waals surface area (Å²) in [6.07, 6.45) is 0.297. The Morgan fingerprint density at radius 2 is 1.75 bits per heavy atom. The molecule has 1 N–H and O–H groups in total. The number of imidazole rings is 1. The normalized spacial score (nSPS) is 11.0. The van der Waals surface area contributed by atoms with Gasteiger partial charge in [-0.05, 0) is 35.7 Å². The van der Waals surface area contributed by atoms with E-state index in [0.717, 1.165) is 22.2 Å². The molecule has 3 rings (SSSR count). The second-order valence-electron chi connectivity index (χ2n) is 6.10. The lowest BCUT2D eigenvalue weighted by Gasteiger charge is -2.08. The molecule has 1 aromatic heterocycles. The van der Waals surface area contributed by atoms with Crippen LogP contribution in [0.5, 0.6) is 0 Å². The fourth-order valence-electron chi connectivity index (χ4n) is 2.91. The summed E-state index contributed by atoms with van der Waals surface area (Å²) in [6, 6.07) is 13.7. The molecule has 2 aromatic carbocycles. The number of aromatic nitrogens is 2. The second kappa shape index (κ2) is 6.35. The van der Waals surface area contributed by atoms with Crippen LogP contribution >= 0.6 is 0 Å². The molecule has 0 aliphatic carbocycles. The summed E-state index contributed by atoms with van der Waals surface area (Å²) in [5.74, 6) is -0.0291. The molecule has 5 nitrogen and oxygen atoms in total. The van der Waals surface area contributed by atoms with Gasteiger partial charge in [0, 0.05) is 20.6 Å². The lowest BCUT2D eigenvalue weighted by molar-refractivity contribution is -0.120. The minimum absolute atomic E-state index is 0.0291. The number of carbonyl (C=O) groups is 1. The van der Waals surface area contributed by atoms with Crippen molar-refractivity contribution in [1.29, 1.82) is 0 Å². The summed E-state index contributed by atoms with van der Waals surface area (Å²) >= 11 is 0. The van der Waals surface area contributed by atoms with Crippen LogP contribution in [-0.4, -0.2) is 15.0 Å². The number of hydrogen-bond donors (Lipinski definition) is 1.